The highest BCUT2D eigenvalue weighted by Crippen LogP contribution is 2.58. The number of thioether (sulfide) groups is 1. The normalized spacial score (nSPS) is 21.1. The molecule has 2 amide bonds. The first kappa shape index (κ1) is 29.4. The Morgan fingerprint density at radius 2 is 1.80 bits per heavy atom. The standard InChI is InChI=1S/C34H29N3O5S2/c1-41-26-15-11-24(12-16-26)20-42-34(40)31-28(44-17-5-8-27(44)25-13-9-23(19-35)10-14-25)21-43-33-30(32(39)37(31)33)36-29(38)18-22-6-3-2-4-7-22/h2-17,30,33,44H,18,20-21H2,1H3,(H,36,38). The number of methoxy groups -OCH3 is 1. The van der Waals surface area contributed by atoms with E-state index in [0.717, 1.165) is 26.5 Å². The van der Waals surface area contributed by atoms with Crippen LogP contribution in [0.4, 0.5) is 0 Å². The number of nitrogens with one attached hydrogen (secondary N) is 1. The van der Waals surface area contributed by atoms with E-state index in [1.165, 1.54) is 16.7 Å². The van der Waals surface area contributed by atoms with Gasteiger partial charge in [0.15, 0.2) is 0 Å². The van der Waals surface area contributed by atoms with E-state index in [9.17, 15) is 19.6 Å². The first-order valence-electron chi connectivity index (χ1n) is 14.0. The molecule has 0 aliphatic carbocycles. The van der Waals surface area contributed by atoms with Crippen LogP contribution in [-0.4, -0.2) is 47.0 Å². The summed E-state index contributed by atoms with van der Waals surface area (Å²) in [6.45, 7) is 0.0305. The largest absolute Gasteiger partial charge is 0.497 e. The first-order valence-corrected chi connectivity index (χ1v) is 16.4. The summed E-state index contributed by atoms with van der Waals surface area (Å²) in [7, 11) is 0.488. The number of thiol groups is 1. The maximum absolute atomic E-state index is 13.8. The van der Waals surface area contributed by atoms with Crippen molar-refractivity contribution < 1.29 is 23.9 Å². The third-order valence-electron chi connectivity index (χ3n) is 7.54. The van der Waals surface area contributed by atoms with Crippen LogP contribution in [-0.2, 0) is 32.1 Å². The number of carbonyl (C=O) groups excluding carboxylic acids is 3. The van der Waals surface area contributed by atoms with Gasteiger partial charge in [0.1, 0.15) is 29.5 Å². The van der Waals surface area contributed by atoms with E-state index in [1.54, 1.807) is 31.4 Å². The molecule has 222 valence electrons. The quantitative estimate of drug-likeness (QED) is 0.196. The summed E-state index contributed by atoms with van der Waals surface area (Å²) in [5.41, 5.74) is 3.40. The third-order valence-corrected chi connectivity index (χ3v) is 11.4. The predicted molar refractivity (Wildman–Crippen MR) is 172 cm³/mol. The van der Waals surface area contributed by atoms with Gasteiger partial charge in [-0.15, -0.1) is 11.8 Å². The van der Waals surface area contributed by atoms with Crippen molar-refractivity contribution in [3.05, 3.63) is 129 Å². The number of hydrogen-bond acceptors (Lipinski definition) is 7. The van der Waals surface area contributed by atoms with Crippen LogP contribution in [0.3, 0.4) is 0 Å². The van der Waals surface area contributed by atoms with E-state index in [1.807, 2.05) is 66.7 Å². The van der Waals surface area contributed by atoms with Gasteiger partial charge in [-0.25, -0.2) is 4.79 Å². The highest BCUT2D eigenvalue weighted by molar-refractivity contribution is 8.31. The average Bonchev–Trinajstić information content (AvgIpc) is 3.56. The molecule has 3 aliphatic heterocycles. The van der Waals surface area contributed by atoms with E-state index in [-0.39, 0.29) is 30.5 Å². The van der Waals surface area contributed by atoms with Gasteiger partial charge in [-0.1, -0.05) is 60.7 Å². The molecule has 0 saturated carbocycles. The van der Waals surface area contributed by atoms with Crippen LogP contribution < -0.4 is 10.1 Å². The molecule has 8 nitrogen and oxygen atoms in total. The molecule has 44 heavy (non-hydrogen) atoms. The summed E-state index contributed by atoms with van der Waals surface area (Å²) in [4.78, 5) is 43.6. The number of esters is 1. The first-order chi connectivity index (χ1) is 21.5. The van der Waals surface area contributed by atoms with Crippen LogP contribution >= 0.6 is 22.7 Å². The number of benzene rings is 3. The number of hydrogen-bond donors (Lipinski definition) is 2. The highest BCUT2D eigenvalue weighted by atomic mass is 32.2. The van der Waals surface area contributed by atoms with Gasteiger partial charge < -0.3 is 14.8 Å². The summed E-state index contributed by atoms with van der Waals surface area (Å²) in [6.07, 6.45) is 4.14. The second-order valence-corrected chi connectivity index (χ2v) is 13.5. The Morgan fingerprint density at radius 1 is 1.05 bits per heavy atom. The fourth-order valence-electron chi connectivity index (χ4n) is 5.29. The van der Waals surface area contributed by atoms with Crippen LogP contribution in [0.2, 0.25) is 0 Å². The van der Waals surface area contributed by atoms with Gasteiger partial charge >= 0.3 is 5.97 Å². The van der Waals surface area contributed by atoms with Crippen molar-refractivity contribution in [2.24, 2.45) is 0 Å². The van der Waals surface area contributed by atoms with Crippen molar-refractivity contribution in [2.75, 3.05) is 12.9 Å². The molecule has 0 spiro atoms. The molecule has 0 bridgehead atoms. The Kier molecular flexibility index (Phi) is 8.59. The fraction of sp³-hybridized carbons (Fsp3) is 0.176. The summed E-state index contributed by atoms with van der Waals surface area (Å²) in [5, 5.41) is 13.8. The molecule has 10 heteroatoms. The third kappa shape index (κ3) is 5.89. The number of β-lactam (4-membered cyclic amide) rings is 1. The Morgan fingerprint density at radius 3 is 2.50 bits per heavy atom. The molecule has 3 unspecified atom stereocenters. The van der Waals surface area contributed by atoms with Crippen molar-refractivity contribution in [2.45, 2.75) is 24.4 Å². The van der Waals surface area contributed by atoms with Gasteiger partial charge in [0.05, 0.1) is 25.2 Å². The Labute approximate surface area is 262 Å². The maximum Gasteiger partial charge on any atom is 0.356 e. The number of carbonyl (C=O) groups is 3. The number of rotatable bonds is 9. The van der Waals surface area contributed by atoms with Gasteiger partial charge in [-0.05, 0) is 52.4 Å². The molecule has 1 fully saturated rings. The van der Waals surface area contributed by atoms with Crippen LogP contribution in [0.1, 0.15) is 22.3 Å². The van der Waals surface area contributed by atoms with Gasteiger partial charge in [0.25, 0.3) is 5.91 Å². The summed E-state index contributed by atoms with van der Waals surface area (Å²) in [6, 6.07) is 25.4. The van der Waals surface area contributed by atoms with Crippen molar-refractivity contribution in [3.63, 3.8) is 0 Å². The number of allylic oxidation sites excluding steroid dienone is 2. The summed E-state index contributed by atoms with van der Waals surface area (Å²) < 4.78 is 11.0. The van der Waals surface area contributed by atoms with E-state index >= 15 is 0 Å². The SMILES string of the molecule is COc1ccc(COC(=O)C2=C([SH]3C=CC=C3c3ccc(C#N)cc3)CSC3C(NC(=O)Cc4ccccc4)C(=O)N23)cc1. The predicted octanol–water partition coefficient (Wildman–Crippen LogP) is 5.03. The average molecular weight is 624 g/mol. The molecule has 3 aromatic rings. The smallest absolute Gasteiger partial charge is 0.356 e. The fourth-order valence-corrected chi connectivity index (χ4v) is 9.26. The van der Waals surface area contributed by atoms with Gasteiger partial charge in [-0.2, -0.15) is 16.2 Å². The van der Waals surface area contributed by atoms with Crippen LogP contribution in [0.25, 0.3) is 4.91 Å². The molecular weight excluding hydrogens is 595 g/mol. The van der Waals surface area contributed by atoms with Gasteiger partial charge in [0, 0.05) is 15.6 Å². The molecule has 0 aromatic heterocycles. The maximum atomic E-state index is 13.8. The van der Waals surface area contributed by atoms with Crippen molar-refractivity contribution in [3.8, 4) is 11.8 Å². The minimum Gasteiger partial charge on any atom is -0.497 e. The lowest BCUT2D eigenvalue weighted by molar-refractivity contribution is -0.153. The van der Waals surface area contributed by atoms with Crippen LogP contribution in [0.5, 0.6) is 5.75 Å². The molecule has 1 saturated heterocycles. The minimum absolute atomic E-state index is 0.0305. The lowest BCUT2D eigenvalue weighted by atomic mass is 10.0. The Hall–Kier alpha value is -4.72. The van der Waals surface area contributed by atoms with Crippen LogP contribution in [0.15, 0.2) is 107 Å². The number of nitriles is 1. The molecule has 1 N–H and O–H groups in total. The Balaban J connectivity index is 1.27. The van der Waals surface area contributed by atoms with E-state index < -0.39 is 28.3 Å². The Bertz CT molecular complexity index is 1730. The second-order valence-electron chi connectivity index (χ2n) is 10.3. The zero-order chi connectivity index (χ0) is 30.6. The van der Waals surface area contributed by atoms with E-state index in [2.05, 4.69) is 16.8 Å². The number of ether oxygens (including phenoxy) is 2. The van der Waals surface area contributed by atoms with Crippen LogP contribution in [0, 0.1) is 11.3 Å². The van der Waals surface area contributed by atoms with Gasteiger partial charge in [0.2, 0.25) is 5.91 Å². The molecular formula is C34H29N3O5S2. The monoisotopic (exact) mass is 623 g/mol. The van der Waals surface area contributed by atoms with Gasteiger partial charge in [-0.3, -0.25) is 14.5 Å². The molecule has 0 radical (unpaired) electrons. The molecule has 3 heterocycles. The minimum atomic E-state index is -1.10. The zero-order valence-electron chi connectivity index (χ0n) is 23.8. The summed E-state index contributed by atoms with van der Waals surface area (Å²) in [5.74, 6) is 0.0324. The number of fused-ring (bicyclic) bond motifs is 1. The topological polar surface area (TPSA) is 109 Å². The molecule has 3 aromatic carbocycles. The lowest BCUT2D eigenvalue weighted by Crippen LogP contribution is -2.70. The molecule has 3 atom stereocenters. The molecule has 6 rings (SSSR count). The second kappa shape index (κ2) is 12.9. The van der Waals surface area contributed by atoms with E-state index in [0.29, 0.717) is 17.1 Å². The highest BCUT2D eigenvalue weighted by Gasteiger charge is 2.55. The van der Waals surface area contributed by atoms with E-state index in [4.69, 9.17) is 9.47 Å². The number of nitrogens with zero attached hydrogens (tertiary/aromatic N) is 2. The number of amides is 2. The summed E-state index contributed by atoms with van der Waals surface area (Å²) >= 11 is 1.53. The molecule has 3 aliphatic rings. The zero-order valence-corrected chi connectivity index (χ0v) is 25.5. The van der Waals surface area contributed by atoms with Crippen molar-refractivity contribution in [1.29, 1.82) is 5.26 Å². The lowest BCUT2D eigenvalue weighted by Gasteiger charge is -2.50. The van der Waals surface area contributed by atoms with Crippen molar-refractivity contribution in [1.82, 2.24) is 10.2 Å². The van der Waals surface area contributed by atoms with Crippen molar-refractivity contribution >= 4 is 45.3 Å².